The molecule has 0 bridgehead atoms. The van der Waals surface area contributed by atoms with Crippen LogP contribution < -0.4 is 0 Å². The van der Waals surface area contributed by atoms with Crippen LogP contribution in [0.4, 0.5) is 26.3 Å². The predicted molar refractivity (Wildman–Crippen MR) is 68.8 cm³/mol. The third kappa shape index (κ3) is 4.08. The van der Waals surface area contributed by atoms with Crippen LogP contribution in [0.1, 0.15) is 25.4 Å². The van der Waals surface area contributed by atoms with E-state index >= 15 is 0 Å². The summed E-state index contributed by atoms with van der Waals surface area (Å²) in [6, 6.07) is 0. The Kier molecular flexibility index (Phi) is 4.97. The summed E-state index contributed by atoms with van der Waals surface area (Å²) in [5, 5.41) is 0. The lowest BCUT2D eigenvalue weighted by Crippen LogP contribution is -2.38. The van der Waals surface area contributed by atoms with Gasteiger partial charge in [0.2, 0.25) is 0 Å². The largest absolute Gasteiger partial charge is 0.434 e. The van der Waals surface area contributed by atoms with Gasteiger partial charge in [0.05, 0.1) is 0 Å². The van der Waals surface area contributed by atoms with Gasteiger partial charge in [-0.3, -0.25) is 0 Å². The van der Waals surface area contributed by atoms with Gasteiger partial charge in [-0.05, 0) is 17.4 Å². The molecule has 0 aliphatic rings. The average Bonchev–Trinajstić information content (AvgIpc) is 2.57. The molecule has 0 saturated heterocycles. The number of hydrogen-bond donors (Lipinski definition) is 0. The van der Waals surface area contributed by atoms with Crippen LogP contribution in [0.25, 0.3) is 0 Å². The molecule has 1 heterocycles. The van der Waals surface area contributed by atoms with Crippen LogP contribution in [0, 0.1) is 11.3 Å². The molecule has 0 aliphatic heterocycles. The minimum atomic E-state index is -4.78. The fourth-order valence-corrected chi connectivity index (χ4v) is 2.95. The Morgan fingerprint density at radius 3 is 2.05 bits per heavy atom. The van der Waals surface area contributed by atoms with Crippen LogP contribution >= 0.6 is 11.8 Å². The van der Waals surface area contributed by atoms with Gasteiger partial charge in [0, 0.05) is 13.2 Å². The molecule has 1 aromatic heterocycles. The van der Waals surface area contributed by atoms with E-state index < -0.39 is 35.2 Å². The molecule has 1 aromatic rings. The van der Waals surface area contributed by atoms with Crippen LogP contribution in [-0.4, -0.2) is 27.7 Å². The van der Waals surface area contributed by atoms with Gasteiger partial charge in [0.15, 0.2) is 11.6 Å². The molecule has 0 N–H and O–H groups in total. The van der Waals surface area contributed by atoms with E-state index in [2.05, 4.69) is 4.98 Å². The number of aromatic nitrogens is 2. The third-order valence-electron chi connectivity index (χ3n) is 2.86. The quantitative estimate of drug-likeness (QED) is 0.764. The van der Waals surface area contributed by atoms with Gasteiger partial charge in [-0.1, -0.05) is 13.8 Å². The molecular formula is C12H15F6N2S. The highest BCUT2D eigenvalue weighted by Crippen LogP contribution is 2.47. The van der Waals surface area contributed by atoms with Crippen molar-refractivity contribution in [1.82, 2.24) is 9.55 Å². The van der Waals surface area contributed by atoms with Crippen LogP contribution in [0.15, 0.2) is 6.20 Å². The molecule has 1 radical (unpaired) electrons. The Hall–Kier alpha value is -0.860. The normalized spacial score (nSPS) is 14.0. The van der Waals surface area contributed by atoms with Crippen molar-refractivity contribution in [2.45, 2.75) is 26.2 Å². The molecule has 0 unspecified atom stereocenters. The molecule has 121 valence electrons. The van der Waals surface area contributed by atoms with Crippen molar-refractivity contribution in [3.05, 3.63) is 23.6 Å². The van der Waals surface area contributed by atoms with Crippen molar-refractivity contribution in [1.29, 1.82) is 0 Å². The second-order valence-electron chi connectivity index (χ2n) is 5.25. The molecule has 0 saturated carbocycles. The Bertz CT molecular complexity index is 489. The Morgan fingerprint density at radius 1 is 1.19 bits per heavy atom. The van der Waals surface area contributed by atoms with Gasteiger partial charge in [0.1, 0.15) is 5.82 Å². The summed E-state index contributed by atoms with van der Waals surface area (Å²) in [5.74, 6) is -1.65. The lowest BCUT2D eigenvalue weighted by atomic mass is 9.79. The number of hydrogen-bond acceptors (Lipinski definition) is 2. The van der Waals surface area contributed by atoms with E-state index in [-0.39, 0.29) is 5.75 Å². The molecule has 0 atom stereocenters. The van der Waals surface area contributed by atoms with Crippen molar-refractivity contribution in [2.24, 2.45) is 12.5 Å². The van der Waals surface area contributed by atoms with Gasteiger partial charge >= 0.3 is 12.4 Å². The Balaban J connectivity index is 3.39. The van der Waals surface area contributed by atoms with E-state index in [4.69, 9.17) is 0 Å². The molecule has 2 nitrogen and oxygen atoms in total. The molecule has 0 spiro atoms. The molecule has 1 rings (SSSR count). The van der Waals surface area contributed by atoms with Crippen molar-refractivity contribution in [3.8, 4) is 0 Å². The number of thioether (sulfide) groups is 1. The second kappa shape index (κ2) is 5.73. The Morgan fingerprint density at radius 2 is 1.71 bits per heavy atom. The van der Waals surface area contributed by atoms with Gasteiger partial charge in [-0.15, -0.1) is 0 Å². The van der Waals surface area contributed by atoms with E-state index in [1.807, 2.05) is 0 Å². The van der Waals surface area contributed by atoms with Crippen LogP contribution in [0.3, 0.4) is 0 Å². The van der Waals surface area contributed by atoms with Gasteiger partial charge in [0.25, 0.3) is 0 Å². The maximum atomic E-state index is 13.3. The number of nitrogens with zero attached hydrogens (tertiary/aromatic N) is 2. The van der Waals surface area contributed by atoms with E-state index in [0.29, 0.717) is 6.20 Å². The molecule has 0 fully saturated rings. The van der Waals surface area contributed by atoms with Crippen LogP contribution in [0.5, 0.6) is 0 Å². The first-order chi connectivity index (χ1) is 9.30. The van der Waals surface area contributed by atoms with Gasteiger partial charge in [-0.2, -0.15) is 38.1 Å². The number of rotatable bonds is 4. The highest BCUT2D eigenvalue weighted by atomic mass is 32.2. The monoisotopic (exact) mass is 333 g/mol. The van der Waals surface area contributed by atoms with Crippen molar-refractivity contribution < 1.29 is 26.3 Å². The summed E-state index contributed by atoms with van der Waals surface area (Å²) < 4.78 is 78.6. The summed E-state index contributed by atoms with van der Waals surface area (Å²) in [5.41, 5.74) is -2.69. The summed E-state index contributed by atoms with van der Waals surface area (Å²) in [7, 11) is 1.12. The zero-order chi connectivity index (χ0) is 16.6. The standard InChI is InChI=1S/C12H15F6N2S/c1-10(2,6-21-4)8(12(16,17)18)9-19-7(5-20(9)3)11(13,14)15/h5H,6H2,1-4H3. The molecular weight excluding hydrogens is 318 g/mol. The van der Waals surface area contributed by atoms with Crippen LogP contribution in [-0.2, 0) is 13.2 Å². The van der Waals surface area contributed by atoms with Crippen molar-refractivity contribution in [2.75, 3.05) is 12.0 Å². The van der Waals surface area contributed by atoms with E-state index in [9.17, 15) is 26.3 Å². The fourth-order valence-electron chi connectivity index (χ4n) is 2.08. The summed E-state index contributed by atoms with van der Waals surface area (Å²) >= 11 is 1.19. The first-order valence-electron chi connectivity index (χ1n) is 5.85. The minimum Gasteiger partial charge on any atom is -0.337 e. The van der Waals surface area contributed by atoms with E-state index in [1.165, 1.54) is 25.6 Å². The third-order valence-corrected chi connectivity index (χ3v) is 3.87. The van der Waals surface area contributed by atoms with Gasteiger partial charge < -0.3 is 4.57 Å². The van der Waals surface area contributed by atoms with Crippen LogP contribution in [0.2, 0.25) is 0 Å². The lowest BCUT2D eigenvalue weighted by Gasteiger charge is -2.33. The molecule has 0 aliphatic carbocycles. The maximum Gasteiger partial charge on any atom is 0.434 e. The fraction of sp³-hybridized carbons (Fsp3) is 0.667. The SMILES string of the molecule is CSCC(C)(C)[C](c1nc(C(F)(F)F)cn1C)C(F)(F)F. The van der Waals surface area contributed by atoms with E-state index in [1.54, 1.807) is 6.26 Å². The average molecular weight is 333 g/mol. The predicted octanol–water partition coefficient (Wildman–Crippen LogP) is 4.31. The molecule has 9 heteroatoms. The molecule has 0 aromatic carbocycles. The van der Waals surface area contributed by atoms with Crippen molar-refractivity contribution in [3.63, 3.8) is 0 Å². The second-order valence-corrected chi connectivity index (χ2v) is 6.11. The highest BCUT2D eigenvalue weighted by Gasteiger charge is 2.53. The Labute approximate surface area is 122 Å². The lowest BCUT2D eigenvalue weighted by molar-refractivity contribution is -0.141. The zero-order valence-electron chi connectivity index (χ0n) is 11.9. The topological polar surface area (TPSA) is 17.8 Å². The van der Waals surface area contributed by atoms with Crippen molar-refractivity contribution >= 4 is 11.8 Å². The number of imidazole rings is 1. The number of alkyl halides is 6. The van der Waals surface area contributed by atoms with E-state index in [0.717, 1.165) is 11.6 Å². The first kappa shape index (κ1) is 18.2. The van der Waals surface area contributed by atoms with Gasteiger partial charge in [-0.25, -0.2) is 4.98 Å². The molecule has 21 heavy (non-hydrogen) atoms. The molecule has 0 amide bonds. The summed E-state index contributed by atoms with van der Waals surface area (Å²) in [4.78, 5) is 3.17. The summed E-state index contributed by atoms with van der Waals surface area (Å²) in [6.45, 7) is 2.68. The number of aryl methyl sites for hydroxylation is 1. The highest BCUT2D eigenvalue weighted by molar-refractivity contribution is 7.98. The minimum absolute atomic E-state index is 0.107. The maximum absolute atomic E-state index is 13.3. The first-order valence-corrected chi connectivity index (χ1v) is 7.24. The number of halogens is 6. The summed E-state index contributed by atoms with van der Waals surface area (Å²) in [6.07, 6.45) is -7.34. The smallest absolute Gasteiger partial charge is 0.337 e. The zero-order valence-corrected chi connectivity index (χ0v) is 12.7.